The van der Waals surface area contributed by atoms with Crippen LogP contribution in [0.3, 0.4) is 0 Å². The summed E-state index contributed by atoms with van der Waals surface area (Å²) in [6.07, 6.45) is 1.03. The van der Waals surface area contributed by atoms with Crippen molar-refractivity contribution in [1.29, 1.82) is 0 Å². The summed E-state index contributed by atoms with van der Waals surface area (Å²) >= 11 is 0. The Morgan fingerprint density at radius 2 is 2.43 bits per heavy atom. The van der Waals surface area contributed by atoms with E-state index in [1.807, 2.05) is 13.0 Å². The Hall–Kier alpha value is -1.42. The molecule has 0 saturated heterocycles. The van der Waals surface area contributed by atoms with E-state index in [2.05, 4.69) is 10.3 Å². The topological polar surface area (TPSA) is 62.2 Å². The van der Waals surface area contributed by atoms with Gasteiger partial charge >= 0.3 is 0 Å². The number of carbonyl (C=O) groups is 1. The molecule has 14 heavy (non-hydrogen) atoms. The Labute approximate surface area is 83.0 Å². The van der Waals surface area contributed by atoms with Gasteiger partial charge in [0, 0.05) is 12.7 Å². The average molecular weight is 194 g/mol. The van der Waals surface area contributed by atoms with Gasteiger partial charge in [-0.3, -0.25) is 9.78 Å². The predicted octanol–water partition coefficient (Wildman–Crippen LogP) is 0.501. The molecule has 0 radical (unpaired) electrons. The third-order valence-corrected chi connectivity index (χ3v) is 1.78. The molecule has 2 N–H and O–H groups in total. The van der Waals surface area contributed by atoms with Crippen LogP contribution >= 0.6 is 0 Å². The van der Waals surface area contributed by atoms with E-state index in [4.69, 9.17) is 5.11 Å². The number of aryl methyl sites for hydroxylation is 1. The minimum absolute atomic E-state index is 0.245. The molecule has 0 saturated carbocycles. The molecule has 1 aromatic heterocycles. The number of pyridine rings is 1. The SMILES string of the molecule is Cc1cccnc1C(=O)NC[C@H](C)O. The summed E-state index contributed by atoms with van der Waals surface area (Å²) in [6.45, 7) is 3.69. The molecule has 0 aliphatic heterocycles. The molecule has 0 aromatic carbocycles. The molecule has 1 rings (SSSR count). The monoisotopic (exact) mass is 194 g/mol. The first-order valence-corrected chi connectivity index (χ1v) is 4.49. The normalized spacial score (nSPS) is 12.2. The smallest absolute Gasteiger partial charge is 0.270 e. The van der Waals surface area contributed by atoms with Crippen molar-refractivity contribution in [2.45, 2.75) is 20.0 Å². The number of carbonyl (C=O) groups excluding carboxylic acids is 1. The van der Waals surface area contributed by atoms with Crippen molar-refractivity contribution in [2.24, 2.45) is 0 Å². The first-order valence-electron chi connectivity index (χ1n) is 4.49. The number of aliphatic hydroxyl groups is 1. The van der Waals surface area contributed by atoms with Crippen molar-refractivity contribution in [3.8, 4) is 0 Å². The van der Waals surface area contributed by atoms with Crippen molar-refractivity contribution < 1.29 is 9.90 Å². The standard InChI is InChI=1S/C10H14N2O2/c1-7-4-3-5-11-9(7)10(14)12-6-8(2)13/h3-5,8,13H,6H2,1-2H3,(H,12,14)/t8-/m0/s1. The van der Waals surface area contributed by atoms with Crippen molar-refractivity contribution in [1.82, 2.24) is 10.3 Å². The summed E-state index contributed by atoms with van der Waals surface area (Å²) in [5.41, 5.74) is 1.24. The second-order valence-electron chi connectivity index (χ2n) is 3.23. The highest BCUT2D eigenvalue weighted by Crippen LogP contribution is 2.02. The summed E-state index contributed by atoms with van der Waals surface area (Å²) in [5.74, 6) is -0.246. The molecule has 0 bridgehead atoms. The molecule has 1 aromatic rings. The van der Waals surface area contributed by atoms with Crippen molar-refractivity contribution in [3.63, 3.8) is 0 Å². The zero-order valence-corrected chi connectivity index (χ0v) is 8.32. The number of nitrogens with one attached hydrogen (secondary N) is 1. The van der Waals surface area contributed by atoms with Gasteiger partial charge in [0.15, 0.2) is 0 Å². The maximum absolute atomic E-state index is 11.5. The molecule has 0 unspecified atom stereocenters. The zero-order valence-electron chi connectivity index (χ0n) is 8.32. The second-order valence-corrected chi connectivity index (χ2v) is 3.23. The molecule has 1 atom stereocenters. The van der Waals surface area contributed by atoms with Crippen molar-refractivity contribution in [2.75, 3.05) is 6.54 Å². The lowest BCUT2D eigenvalue weighted by Gasteiger charge is -2.07. The van der Waals surface area contributed by atoms with Crippen LogP contribution in [0.2, 0.25) is 0 Å². The van der Waals surface area contributed by atoms with E-state index < -0.39 is 6.10 Å². The van der Waals surface area contributed by atoms with Crippen LogP contribution in [-0.2, 0) is 0 Å². The van der Waals surface area contributed by atoms with E-state index in [1.165, 1.54) is 0 Å². The molecule has 0 aliphatic rings. The lowest BCUT2D eigenvalue weighted by atomic mass is 10.2. The first-order chi connectivity index (χ1) is 6.61. The van der Waals surface area contributed by atoms with Gasteiger partial charge in [0.05, 0.1) is 6.10 Å². The van der Waals surface area contributed by atoms with E-state index in [0.717, 1.165) is 5.56 Å². The second kappa shape index (κ2) is 4.72. The molecule has 1 amide bonds. The summed E-state index contributed by atoms with van der Waals surface area (Å²) in [5, 5.41) is 11.6. The van der Waals surface area contributed by atoms with Gasteiger partial charge < -0.3 is 10.4 Å². The molecule has 76 valence electrons. The molecular formula is C10H14N2O2. The maximum Gasteiger partial charge on any atom is 0.270 e. The highest BCUT2D eigenvalue weighted by atomic mass is 16.3. The van der Waals surface area contributed by atoms with Crippen LogP contribution in [0.25, 0.3) is 0 Å². The lowest BCUT2D eigenvalue weighted by Crippen LogP contribution is -2.31. The molecule has 4 nitrogen and oxygen atoms in total. The zero-order chi connectivity index (χ0) is 10.6. The molecule has 0 fully saturated rings. The van der Waals surface area contributed by atoms with Crippen LogP contribution in [0.4, 0.5) is 0 Å². The fourth-order valence-electron chi connectivity index (χ4n) is 1.05. The highest BCUT2D eigenvalue weighted by molar-refractivity contribution is 5.93. The van der Waals surface area contributed by atoms with E-state index in [-0.39, 0.29) is 12.5 Å². The van der Waals surface area contributed by atoms with Crippen LogP contribution in [0, 0.1) is 6.92 Å². The van der Waals surface area contributed by atoms with E-state index in [9.17, 15) is 4.79 Å². The minimum atomic E-state index is -0.539. The summed E-state index contributed by atoms with van der Waals surface area (Å²) in [4.78, 5) is 15.4. The molecule has 4 heteroatoms. The molecule has 1 heterocycles. The lowest BCUT2D eigenvalue weighted by molar-refractivity contribution is 0.0918. The van der Waals surface area contributed by atoms with E-state index >= 15 is 0 Å². The van der Waals surface area contributed by atoms with Crippen LogP contribution in [0.15, 0.2) is 18.3 Å². The number of aromatic nitrogens is 1. The first kappa shape index (κ1) is 10.7. The fourth-order valence-corrected chi connectivity index (χ4v) is 1.05. The van der Waals surface area contributed by atoms with Gasteiger partial charge in [0.25, 0.3) is 5.91 Å². The largest absolute Gasteiger partial charge is 0.392 e. The van der Waals surface area contributed by atoms with Gasteiger partial charge in [-0.15, -0.1) is 0 Å². The Balaban J connectivity index is 2.65. The Bertz CT molecular complexity index is 324. The minimum Gasteiger partial charge on any atom is -0.392 e. The number of hydrogen-bond donors (Lipinski definition) is 2. The van der Waals surface area contributed by atoms with Crippen LogP contribution in [0.1, 0.15) is 23.0 Å². The number of rotatable bonds is 3. The third-order valence-electron chi connectivity index (χ3n) is 1.78. The Morgan fingerprint density at radius 1 is 1.71 bits per heavy atom. The van der Waals surface area contributed by atoms with E-state index in [0.29, 0.717) is 5.69 Å². The molecule has 0 spiro atoms. The van der Waals surface area contributed by atoms with Crippen LogP contribution in [-0.4, -0.2) is 28.6 Å². The van der Waals surface area contributed by atoms with Gasteiger partial charge in [-0.05, 0) is 25.5 Å². The maximum atomic E-state index is 11.5. The summed E-state index contributed by atoms with van der Waals surface area (Å²) in [6, 6.07) is 3.60. The summed E-state index contributed by atoms with van der Waals surface area (Å²) in [7, 11) is 0. The number of amides is 1. The van der Waals surface area contributed by atoms with Gasteiger partial charge in [0.1, 0.15) is 5.69 Å². The van der Waals surface area contributed by atoms with Crippen molar-refractivity contribution >= 4 is 5.91 Å². The number of nitrogens with zero attached hydrogens (tertiary/aromatic N) is 1. The predicted molar refractivity (Wildman–Crippen MR) is 53.0 cm³/mol. The van der Waals surface area contributed by atoms with Crippen molar-refractivity contribution in [3.05, 3.63) is 29.6 Å². The van der Waals surface area contributed by atoms with Crippen LogP contribution < -0.4 is 5.32 Å². The average Bonchev–Trinajstić information content (AvgIpc) is 2.15. The fraction of sp³-hybridized carbons (Fsp3) is 0.400. The quantitative estimate of drug-likeness (QED) is 0.736. The number of aliphatic hydroxyl groups excluding tert-OH is 1. The van der Waals surface area contributed by atoms with Gasteiger partial charge in [0.2, 0.25) is 0 Å². The third kappa shape index (κ3) is 2.81. The Kier molecular flexibility index (Phi) is 3.59. The molecule has 0 aliphatic carbocycles. The van der Waals surface area contributed by atoms with E-state index in [1.54, 1.807) is 19.2 Å². The number of hydrogen-bond acceptors (Lipinski definition) is 3. The van der Waals surface area contributed by atoms with Gasteiger partial charge in [-0.25, -0.2) is 0 Å². The summed E-state index contributed by atoms with van der Waals surface area (Å²) < 4.78 is 0. The highest BCUT2D eigenvalue weighted by Gasteiger charge is 2.09. The van der Waals surface area contributed by atoms with Gasteiger partial charge in [-0.2, -0.15) is 0 Å². The van der Waals surface area contributed by atoms with Gasteiger partial charge in [-0.1, -0.05) is 6.07 Å². The molecular weight excluding hydrogens is 180 g/mol. The Morgan fingerprint density at radius 3 is 3.00 bits per heavy atom. The van der Waals surface area contributed by atoms with Crippen LogP contribution in [0.5, 0.6) is 0 Å².